The summed E-state index contributed by atoms with van der Waals surface area (Å²) in [6.45, 7) is 1.73. The van der Waals surface area contributed by atoms with Crippen LogP contribution >= 0.6 is 23.4 Å². The zero-order valence-electron chi connectivity index (χ0n) is 19.2. The summed E-state index contributed by atoms with van der Waals surface area (Å²) in [5.74, 6) is 0.633. The average Bonchev–Trinajstić information content (AvgIpc) is 3.31. The maximum absolute atomic E-state index is 12.5. The molecule has 4 rings (SSSR count). The van der Waals surface area contributed by atoms with E-state index in [1.807, 2.05) is 24.3 Å². The van der Waals surface area contributed by atoms with Crippen LogP contribution < -0.4 is 5.43 Å². The second kappa shape index (κ2) is 11.5. The normalized spacial score (nSPS) is 14.6. The van der Waals surface area contributed by atoms with Crippen LogP contribution in [0.1, 0.15) is 50.6 Å². The van der Waals surface area contributed by atoms with Crippen molar-refractivity contribution in [2.75, 3.05) is 5.75 Å². The van der Waals surface area contributed by atoms with Crippen molar-refractivity contribution in [1.82, 2.24) is 20.2 Å². The highest BCUT2D eigenvalue weighted by atomic mass is 35.5. The first-order chi connectivity index (χ1) is 16.9. The fourth-order valence-electron chi connectivity index (χ4n) is 4.04. The number of halogens is 1. The molecule has 1 aromatic heterocycles. The molecule has 1 heterocycles. The number of nitro benzene ring substituents is 1. The third-order valence-corrected chi connectivity index (χ3v) is 7.08. The number of hydrogen-bond acceptors (Lipinski definition) is 7. The number of hydrogen-bond donors (Lipinski definition) is 1. The Morgan fingerprint density at radius 2 is 1.83 bits per heavy atom. The van der Waals surface area contributed by atoms with Crippen LogP contribution in [0.15, 0.2) is 58.8 Å². The number of thioether (sulfide) groups is 1. The fourth-order valence-corrected chi connectivity index (χ4v) is 4.96. The van der Waals surface area contributed by atoms with Crippen LogP contribution in [0, 0.1) is 10.1 Å². The van der Waals surface area contributed by atoms with E-state index < -0.39 is 4.92 Å². The quantitative estimate of drug-likeness (QED) is 0.180. The number of hydrazone groups is 1. The second-order valence-corrected chi connectivity index (χ2v) is 9.68. The van der Waals surface area contributed by atoms with E-state index in [0.717, 1.165) is 37.1 Å². The molecular formula is C24H25ClN6O3S. The van der Waals surface area contributed by atoms with E-state index in [9.17, 15) is 14.9 Å². The Morgan fingerprint density at radius 1 is 1.14 bits per heavy atom. The molecule has 0 spiro atoms. The summed E-state index contributed by atoms with van der Waals surface area (Å²) in [6, 6.07) is 13.8. The maximum Gasteiger partial charge on any atom is 0.269 e. The molecule has 11 heteroatoms. The van der Waals surface area contributed by atoms with Crippen molar-refractivity contribution < 1.29 is 9.72 Å². The van der Waals surface area contributed by atoms with E-state index in [1.165, 1.54) is 30.3 Å². The van der Waals surface area contributed by atoms with Gasteiger partial charge < -0.3 is 0 Å². The highest BCUT2D eigenvalue weighted by molar-refractivity contribution is 7.99. The van der Waals surface area contributed by atoms with Crippen molar-refractivity contribution >= 4 is 40.7 Å². The van der Waals surface area contributed by atoms with Crippen LogP contribution in [0.4, 0.5) is 5.69 Å². The molecule has 1 fully saturated rings. The summed E-state index contributed by atoms with van der Waals surface area (Å²) in [7, 11) is 0. The number of carbonyl (C=O) groups excluding carboxylic acids is 1. The Morgan fingerprint density at radius 3 is 2.49 bits per heavy atom. The van der Waals surface area contributed by atoms with E-state index in [2.05, 4.69) is 25.3 Å². The lowest BCUT2D eigenvalue weighted by Crippen LogP contribution is -2.22. The van der Waals surface area contributed by atoms with Gasteiger partial charge in [-0.15, -0.1) is 10.2 Å². The van der Waals surface area contributed by atoms with Gasteiger partial charge in [-0.25, -0.2) is 5.43 Å². The number of carbonyl (C=O) groups is 1. The molecule has 0 saturated heterocycles. The molecule has 1 amide bonds. The number of nitrogens with one attached hydrogen (secondary N) is 1. The molecule has 9 nitrogen and oxygen atoms in total. The SMILES string of the molecule is CC(=NNC(=O)CSc1nnc(-c2ccc(Cl)cc2)n1C1CCCCC1)c1ccc([N+](=O)[O-])cc1. The average molecular weight is 513 g/mol. The van der Waals surface area contributed by atoms with Gasteiger partial charge in [0.2, 0.25) is 0 Å². The summed E-state index contributed by atoms with van der Waals surface area (Å²) >= 11 is 7.39. The number of amides is 1. The molecule has 35 heavy (non-hydrogen) atoms. The van der Waals surface area contributed by atoms with Crippen molar-refractivity contribution in [2.24, 2.45) is 5.10 Å². The van der Waals surface area contributed by atoms with Gasteiger partial charge in [-0.2, -0.15) is 5.10 Å². The van der Waals surface area contributed by atoms with Gasteiger partial charge in [0, 0.05) is 28.8 Å². The minimum Gasteiger partial charge on any atom is -0.299 e. The highest BCUT2D eigenvalue weighted by Gasteiger charge is 2.24. The Kier molecular flexibility index (Phi) is 8.14. The Hall–Kier alpha value is -3.24. The molecule has 0 atom stereocenters. The number of nitrogens with zero attached hydrogens (tertiary/aromatic N) is 5. The molecule has 1 saturated carbocycles. The van der Waals surface area contributed by atoms with Gasteiger partial charge in [0.1, 0.15) is 0 Å². The summed E-state index contributed by atoms with van der Waals surface area (Å²) in [4.78, 5) is 22.8. The lowest BCUT2D eigenvalue weighted by Gasteiger charge is -2.25. The zero-order chi connectivity index (χ0) is 24.8. The van der Waals surface area contributed by atoms with E-state index in [0.29, 0.717) is 21.5 Å². The summed E-state index contributed by atoms with van der Waals surface area (Å²) in [6.07, 6.45) is 5.65. The van der Waals surface area contributed by atoms with Crippen LogP contribution in [0.25, 0.3) is 11.4 Å². The van der Waals surface area contributed by atoms with E-state index in [1.54, 1.807) is 19.1 Å². The number of aromatic nitrogens is 3. The highest BCUT2D eigenvalue weighted by Crippen LogP contribution is 2.35. The maximum atomic E-state index is 12.5. The van der Waals surface area contributed by atoms with Crippen LogP contribution in [-0.4, -0.2) is 37.1 Å². The monoisotopic (exact) mass is 512 g/mol. The van der Waals surface area contributed by atoms with Gasteiger partial charge in [-0.05, 0) is 61.7 Å². The minimum absolute atomic E-state index is 0.00188. The molecule has 0 bridgehead atoms. The molecule has 1 aliphatic carbocycles. The van der Waals surface area contributed by atoms with E-state index >= 15 is 0 Å². The van der Waals surface area contributed by atoms with Crippen LogP contribution in [-0.2, 0) is 4.79 Å². The Balaban J connectivity index is 1.44. The molecular weight excluding hydrogens is 488 g/mol. The largest absolute Gasteiger partial charge is 0.299 e. The predicted molar refractivity (Wildman–Crippen MR) is 137 cm³/mol. The predicted octanol–water partition coefficient (Wildman–Crippen LogP) is 5.64. The first kappa shape index (κ1) is 24.9. The number of non-ortho nitro benzene ring substituents is 1. The standard InChI is InChI=1S/C24H25ClN6O3S/c1-16(17-9-13-21(14-10-17)31(33)34)26-27-22(32)15-35-24-29-28-23(18-7-11-19(25)12-8-18)30(24)20-5-3-2-4-6-20/h7-14,20H,2-6,15H2,1H3,(H,27,32). The molecule has 1 N–H and O–H groups in total. The number of rotatable bonds is 8. The third-order valence-electron chi connectivity index (χ3n) is 5.88. The smallest absolute Gasteiger partial charge is 0.269 e. The first-order valence-electron chi connectivity index (χ1n) is 11.3. The van der Waals surface area contributed by atoms with Gasteiger partial charge >= 0.3 is 0 Å². The molecule has 0 unspecified atom stereocenters. The van der Waals surface area contributed by atoms with Crippen LogP contribution in [0.5, 0.6) is 0 Å². The van der Waals surface area contributed by atoms with Gasteiger partial charge in [0.15, 0.2) is 11.0 Å². The summed E-state index contributed by atoms with van der Waals surface area (Å²) < 4.78 is 2.16. The summed E-state index contributed by atoms with van der Waals surface area (Å²) in [5, 5.41) is 25.1. The third kappa shape index (κ3) is 6.26. The molecule has 1 aliphatic rings. The Bertz CT molecular complexity index is 1220. The van der Waals surface area contributed by atoms with Crippen molar-refractivity contribution in [2.45, 2.75) is 50.2 Å². The van der Waals surface area contributed by atoms with E-state index in [-0.39, 0.29) is 23.4 Å². The molecule has 3 aromatic rings. The lowest BCUT2D eigenvalue weighted by atomic mass is 9.95. The van der Waals surface area contributed by atoms with Crippen LogP contribution in [0.2, 0.25) is 5.02 Å². The first-order valence-corrected chi connectivity index (χ1v) is 12.7. The Labute approximate surface area is 212 Å². The lowest BCUT2D eigenvalue weighted by molar-refractivity contribution is -0.384. The molecule has 0 aliphatic heterocycles. The van der Waals surface area contributed by atoms with Crippen molar-refractivity contribution in [3.8, 4) is 11.4 Å². The number of nitro groups is 1. The van der Waals surface area contributed by atoms with E-state index in [4.69, 9.17) is 11.6 Å². The van der Waals surface area contributed by atoms with Gasteiger partial charge in [-0.3, -0.25) is 19.5 Å². The van der Waals surface area contributed by atoms with Crippen molar-refractivity contribution in [3.05, 3.63) is 69.2 Å². The molecule has 182 valence electrons. The molecule has 2 aromatic carbocycles. The van der Waals surface area contributed by atoms with Gasteiger partial charge in [0.25, 0.3) is 11.6 Å². The minimum atomic E-state index is -0.459. The van der Waals surface area contributed by atoms with Crippen molar-refractivity contribution in [3.63, 3.8) is 0 Å². The second-order valence-electron chi connectivity index (χ2n) is 8.30. The van der Waals surface area contributed by atoms with Crippen LogP contribution in [0.3, 0.4) is 0 Å². The zero-order valence-corrected chi connectivity index (χ0v) is 20.8. The van der Waals surface area contributed by atoms with Gasteiger partial charge in [0.05, 0.1) is 16.4 Å². The molecule has 0 radical (unpaired) electrons. The number of benzene rings is 2. The topological polar surface area (TPSA) is 115 Å². The summed E-state index contributed by atoms with van der Waals surface area (Å²) in [5.41, 5.74) is 4.73. The van der Waals surface area contributed by atoms with Gasteiger partial charge in [-0.1, -0.05) is 42.6 Å². The van der Waals surface area contributed by atoms with Crippen molar-refractivity contribution in [1.29, 1.82) is 0 Å². The fraction of sp³-hybridized carbons (Fsp3) is 0.333.